The third-order valence-electron chi connectivity index (χ3n) is 6.90. The zero-order valence-electron chi connectivity index (χ0n) is 19.5. The van der Waals surface area contributed by atoms with E-state index in [-0.39, 0.29) is 36.8 Å². The maximum Gasteiger partial charge on any atom is 0.407 e. The minimum atomic E-state index is -0.852. The summed E-state index contributed by atoms with van der Waals surface area (Å²) >= 11 is 0. The average molecular weight is 465 g/mol. The van der Waals surface area contributed by atoms with Crippen LogP contribution < -0.4 is 10.6 Å². The Morgan fingerprint density at radius 2 is 1.62 bits per heavy atom. The van der Waals surface area contributed by atoms with Crippen LogP contribution in [0.15, 0.2) is 48.5 Å². The van der Waals surface area contributed by atoms with E-state index in [0.29, 0.717) is 19.4 Å². The van der Waals surface area contributed by atoms with Crippen LogP contribution in [0.3, 0.4) is 0 Å². The van der Waals surface area contributed by atoms with Crippen LogP contribution in [-0.4, -0.2) is 42.3 Å². The Labute approximate surface area is 199 Å². The van der Waals surface area contributed by atoms with Crippen LogP contribution in [0.5, 0.6) is 0 Å². The molecule has 0 bridgehead atoms. The molecule has 1 fully saturated rings. The second-order valence-electron chi connectivity index (χ2n) is 9.42. The molecule has 180 valence electrons. The summed E-state index contributed by atoms with van der Waals surface area (Å²) in [6, 6.07) is 16.0. The number of carboxylic acid groups (broad SMARTS) is 1. The number of carboxylic acids is 1. The van der Waals surface area contributed by atoms with Gasteiger partial charge < -0.3 is 20.5 Å². The average Bonchev–Trinajstić information content (AvgIpc) is 3.15. The van der Waals surface area contributed by atoms with Gasteiger partial charge in [0.2, 0.25) is 5.91 Å². The lowest BCUT2D eigenvalue weighted by Gasteiger charge is -2.29. The van der Waals surface area contributed by atoms with E-state index in [4.69, 9.17) is 4.74 Å². The topological polar surface area (TPSA) is 105 Å². The highest BCUT2D eigenvalue weighted by Crippen LogP contribution is 2.44. The molecule has 7 nitrogen and oxygen atoms in total. The maximum absolute atomic E-state index is 12.4. The van der Waals surface area contributed by atoms with Gasteiger partial charge in [0, 0.05) is 24.9 Å². The zero-order valence-corrected chi connectivity index (χ0v) is 19.5. The van der Waals surface area contributed by atoms with Crippen LogP contribution >= 0.6 is 0 Å². The van der Waals surface area contributed by atoms with Gasteiger partial charge in [-0.25, -0.2) is 4.79 Å². The molecular formula is C27H32N2O5. The van der Waals surface area contributed by atoms with E-state index in [9.17, 15) is 19.5 Å². The summed E-state index contributed by atoms with van der Waals surface area (Å²) in [6.07, 6.45) is 2.80. The van der Waals surface area contributed by atoms with Crippen molar-refractivity contribution in [1.29, 1.82) is 0 Å². The summed E-state index contributed by atoms with van der Waals surface area (Å²) in [5.74, 6) is -1.66. The van der Waals surface area contributed by atoms with Crippen molar-refractivity contribution in [2.75, 3.05) is 13.2 Å². The highest BCUT2D eigenvalue weighted by molar-refractivity contribution is 5.79. The van der Waals surface area contributed by atoms with Gasteiger partial charge in [-0.15, -0.1) is 0 Å². The second kappa shape index (κ2) is 10.7. The Kier molecular flexibility index (Phi) is 7.50. The van der Waals surface area contributed by atoms with Crippen LogP contribution in [0.25, 0.3) is 11.1 Å². The molecular weight excluding hydrogens is 432 g/mol. The Morgan fingerprint density at radius 1 is 1.00 bits per heavy atom. The highest BCUT2D eigenvalue weighted by atomic mass is 16.5. The number of rotatable bonds is 8. The number of hydrogen-bond acceptors (Lipinski definition) is 4. The SMILES string of the molecule is CC(CNC(=O)OCC1c2ccccc2-c2ccccc21)CC(=O)N[C@H]1CCCC[C@H]1C(=O)O. The third-order valence-corrected chi connectivity index (χ3v) is 6.90. The Bertz CT molecular complexity index is 1010. The number of aliphatic carboxylic acids is 1. The van der Waals surface area contributed by atoms with Crippen LogP contribution in [0, 0.1) is 11.8 Å². The van der Waals surface area contributed by atoms with Crippen molar-refractivity contribution in [2.24, 2.45) is 11.8 Å². The maximum atomic E-state index is 12.4. The fourth-order valence-electron chi connectivity index (χ4n) is 5.16. The number of benzene rings is 2. The van der Waals surface area contributed by atoms with Crippen molar-refractivity contribution < 1.29 is 24.2 Å². The van der Waals surface area contributed by atoms with Gasteiger partial charge in [0.05, 0.1) is 5.92 Å². The molecule has 2 aliphatic carbocycles. The smallest absolute Gasteiger partial charge is 0.407 e. The van der Waals surface area contributed by atoms with E-state index in [1.165, 1.54) is 11.1 Å². The van der Waals surface area contributed by atoms with Gasteiger partial charge in [0.1, 0.15) is 6.61 Å². The fraction of sp³-hybridized carbons (Fsp3) is 0.444. The number of nitrogens with one attached hydrogen (secondary N) is 2. The number of hydrogen-bond donors (Lipinski definition) is 3. The molecule has 3 N–H and O–H groups in total. The van der Waals surface area contributed by atoms with Crippen LogP contribution in [-0.2, 0) is 14.3 Å². The van der Waals surface area contributed by atoms with E-state index in [2.05, 4.69) is 34.9 Å². The van der Waals surface area contributed by atoms with Crippen molar-refractivity contribution in [3.63, 3.8) is 0 Å². The van der Waals surface area contributed by atoms with Gasteiger partial charge >= 0.3 is 12.1 Å². The largest absolute Gasteiger partial charge is 0.481 e. The van der Waals surface area contributed by atoms with Crippen molar-refractivity contribution in [3.05, 3.63) is 59.7 Å². The third kappa shape index (κ3) is 5.41. The Morgan fingerprint density at radius 3 is 2.26 bits per heavy atom. The predicted octanol–water partition coefficient (Wildman–Crippen LogP) is 4.31. The molecule has 3 atom stereocenters. The molecule has 0 heterocycles. The molecule has 0 aliphatic heterocycles. The van der Waals surface area contributed by atoms with Gasteiger partial charge in [0.15, 0.2) is 0 Å². The molecule has 0 saturated heterocycles. The van der Waals surface area contributed by atoms with Gasteiger partial charge in [-0.1, -0.05) is 68.3 Å². The lowest BCUT2D eigenvalue weighted by molar-refractivity contribution is -0.144. The summed E-state index contributed by atoms with van der Waals surface area (Å²) in [5.41, 5.74) is 4.66. The summed E-state index contributed by atoms with van der Waals surface area (Å²) < 4.78 is 5.54. The molecule has 0 spiro atoms. The van der Waals surface area contributed by atoms with Crippen molar-refractivity contribution in [3.8, 4) is 11.1 Å². The zero-order chi connectivity index (χ0) is 24.1. The lowest BCUT2D eigenvalue weighted by Crippen LogP contribution is -2.45. The van der Waals surface area contributed by atoms with E-state index in [1.54, 1.807) is 0 Å². The van der Waals surface area contributed by atoms with Crippen LogP contribution in [0.4, 0.5) is 4.79 Å². The molecule has 2 aliphatic rings. The first-order valence-corrected chi connectivity index (χ1v) is 12.0. The number of ether oxygens (including phenoxy) is 1. The lowest BCUT2D eigenvalue weighted by atomic mass is 9.84. The molecule has 0 radical (unpaired) electrons. The molecule has 34 heavy (non-hydrogen) atoms. The summed E-state index contributed by atoms with van der Waals surface area (Å²) in [4.78, 5) is 36.2. The number of carbonyl (C=O) groups is 3. The van der Waals surface area contributed by atoms with Gasteiger partial charge in [-0.3, -0.25) is 9.59 Å². The molecule has 2 aromatic rings. The number of amides is 2. The fourth-order valence-corrected chi connectivity index (χ4v) is 5.16. The summed E-state index contributed by atoms with van der Waals surface area (Å²) in [6.45, 7) is 2.42. The first-order chi connectivity index (χ1) is 16.4. The van der Waals surface area contributed by atoms with Gasteiger partial charge in [0.25, 0.3) is 0 Å². The molecule has 1 saturated carbocycles. The van der Waals surface area contributed by atoms with Crippen molar-refractivity contribution >= 4 is 18.0 Å². The highest BCUT2D eigenvalue weighted by Gasteiger charge is 2.32. The van der Waals surface area contributed by atoms with Crippen LogP contribution in [0.2, 0.25) is 0 Å². The number of fused-ring (bicyclic) bond motifs is 3. The van der Waals surface area contributed by atoms with Gasteiger partial charge in [-0.2, -0.15) is 0 Å². The number of alkyl carbamates (subject to hydrolysis) is 1. The first-order valence-electron chi connectivity index (χ1n) is 12.0. The monoisotopic (exact) mass is 464 g/mol. The molecule has 1 unspecified atom stereocenters. The molecule has 4 rings (SSSR count). The predicted molar refractivity (Wildman–Crippen MR) is 128 cm³/mol. The van der Waals surface area contributed by atoms with Crippen molar-refractivity contribution in [2.45, 2.75) is 51.0 Å². The second-order valence-corrected chi connectivity index (χ2v) is 9.42. The Hall–Kier alpha value is -3.35. The molecule has 0 aromatic heterocycles. The summed E-state index contributed by atoms with van der Waals surface area (Å²) in [5, 5.41) is 15.0. The van der Waals surface area contributed by atoms with E-state index in [0.717, 1.165) is 24.0 Å². The Balaban J connectivity index is 1.23. The molecule has 2 amide bonds. The quantitative estimate of drug-likeness (QED) is 0.540. The van der Waals surface area contributed by atoms with Gasteiger partial charge in [-0.05, 0) is 41.0 Å². The molecule has 7 heteroatoms. The van der Waals surface area contributed by atoms with Crippen LogP contribution in [0.1, 0.15) is 56.1 Å². The minimum absolute atomic E-state index is 0.000902. The summed E-state index contributed by atoms with van der Waals surface area (Å²) in [7, 11) is 0. The van der Waals surface area contributed by atoms with E-state index < -0.39 is 18.0 Å². The molecule has 2 aromatic carbocycles. The van der Waals surface area contributed by atoms with E-state index >= 15 is 0 Å². The minimum Gasteiger partial charge on any atom is -0.481 e. The van der Waals surface area contributed by atoms with E-state index in [1.807, 2.05) is 31.2 Å². The first kappa shape index (κ1) is 23.8. The standard InChI is InChI=1S/C27H32N2O5/c1-17(14-25(30)29-24-13-7-6-12-22(24)26(31)32)15-28-27(33)34-16-23-20-10-4-2-8-18(20)19-9-3-5-11-21(19)23/h2-5,8-11,17,22-24H,6-7,12-16H2,1H3,(H,28,33)(H,29,30)(H,31,32)/t17?,22-,24+/m1/s1. The number of carbonyl (C=O) groups excluding carboxylic acids is 2. The van der Waals surface area contributed by atoms with Crippen molar-refractivity contribution in [1.82, 2.24) is 10.6 Å². The normalized spacial score (nSPS) is 20.0.